The number of sulfonamides is 1. The van der Waals surface area contributed by atoms with Gasteiger partial charge in [0.15, 0.2) is 0 Å². The Labute approximate surface area is 209 Å². The summed E-state index contributed by atoms with van der Waals surface area (Å²) in [6, 6.07) is 13.5. The van der Waals surface area contributed by atoms with Crippen LogP contribution in [-0.4, -0.2) is 57.6 Å². The highest BCUT2D eigenvalue weighted by atomic mass is 32.2. The van der Waals surface area contributed by atoms with Gasteiger partial charge in [0.1, 0.15) is 18.3 Å². The highest BCUT2D eigenvalue weighted by Gasteiger charge is 2.30. The molecule has 0 unspecified atom stereocenters. The lowest BCUT2D eigenvalue weighted by Gasteiger charge is -2.31. The van der Waals surface area contributed by atoms with Crippen molar-refractivity contribution in [3.63, 3.8) is 0 Å². The first-order chi connectivity index (χ1) is 16.5. The summed E-state index contributed by atoms with van der Waals surface area (Å²) < 4.78 is 31.5. The van der Waals surface area contributed by atoms with Crippen molar-refractivity contribution in [1.29, 1.82) is 0 Å². The molecule has 9 heteroatoms. The van der Waals surface area contributed by atoms with Gasteiger partial charge in [-0.05, 0) is 54.7 Å². The molecule has 0 saturated carbocycles. The third-order valence-electron chi connectivity index (χ3n) is 5.68. The molecule has 192 valence electrons. The summed E-state index contributed by atoms with van der Waals surface area (Å²) in [4.78, 5) is 27.8. The van der Waals surface area contributed by atoms with E-state index in [1.807, 2.05) is 45.0 Å². The quantitative estimate of drug-likeness (QED) is 0.480. The van der Waals surface area contributed by atoms with E-state index in [2.05, 4.69) is 5.32 Å². The van der Waals surface area contributed by atoms with Gasteiger partial charge < -0.3 is 15.0 Å². The number of nitrogens with zero attached hydrogens (tertiary/aromatic N) is 2. The van der Waals surface area contributed by atoms with Gasteiger partial charge in [-0.25, -0.2) is 8.42 Å². The van der Waals surface area contributed by atoms with Gasteiger partial charge in [0.2, 0.25) is 21.8 Å². The summed E-state index contributed by atoms with van der Waals surface area (Å²) >= 11 is 0. The van der Waals surface area contributed by atoms with Crippen molar-refractivity contribution in [3.8, 4) is 5.75 Å². The molecule has 0 bridgehead atoms. The highest BCUT2D eigenvalue weighted by Crippen LogP contribution is 2.20. The fraction of sp³-hybridized carbons (Fsp3) is 0.462. The molecule has 0 spiro atoms. The monoisotopic (exact) mass is 503 g/mol. The fourth-order valence-corrected chi connectivity index (χ4v) is 4.32. The molecule has 35 heavy (non-hydrogen) atoms. The van der Waals surface area contributed by atoms with Crippen LogP contribution in [0, 0.1) is 5.92 Å². The van der Waals surface area contributed by atoms with Crippen LogP contribution in [-0.2, 0) is 32.6 Å². The normalized spacial score (nSPS) is 12.2. The van der Waals surface area contributed by atoms with Gasteiger partial charge >= 0.3 is 0 Å². The molecule has 0 aromatic heterocycles. The van der Waals surface area contributed by atoms with Crippen molar-refractivity contribution in [2.75, 3.05) is 30.8 Å². The standard InChI is InChI=1S/C26H37N3O5S/c1-7-21-8-12-23(13-9-21)29(35(6,32)33)18-25(30)28(20(4)26(31)27-16-19(2)3)17-22-10-14-24(34-5)15-11-22/h8-15,19-20H,7,16-18H2,1-6H3,(H,27,31)/t20-/m0/s1. The lowest BCUT2D eigenvalue weighted by Crippen LogP contribution is -2.51. The Hall–Kier alpha value is -3.07. The molecule has 8 nitrogen and oxygen atoms in total. The number of carbonyl (C=O) groups is 2. The molecule has 0 radical (unpaired) electrons. The minimum Gasteiger partial charge on any atom is -0.497 e. The first-order valence-electron chi connectivity index (χ1n) is 11.7. The topological polar surface area (TPSA) is 96.0 Å². The first-order valence-corrected chi connectivity index (χ1v) is 13.6. The molecule has 1 N–H and O–H groups in total. The SMILES string of the molecule is CCc1ccc(N(CC(=O)N(Cc2ccc(OC)cc2)[C@@H](C)C(=O)NCC(C)C)S(C)(=O)=O)cc1. The van der Waals surface area contributed by atoms with Crippen molar-refractivity contribution >= 4 is 27.5 Å². The minimum atomic E-state index is -3.75. The molecule has 2 aromatic rings. The summed E-state index contributed by atoms with van der Waals surface area (Å²) in [5, 5.41) is 2.86. The maximum atomic E-state index is 13.5. The van der Waals surface area contributed by atoms with Crippen LogP contribution in [0.1, 0.15) is 38.8 Å². The van der Waals surface area contributed by atoms with E-state index in [9.17, 15) is 18.0 Å². The van der Waals surface area contributed by atoms with Crippen molar-refractivity contribution < 1.29 is 22.7 Å². The van der Waals surface area contributed by atoms with Gasteiger partial charge in [0.25, 0.3) is 0 Å². The maximum Gasteiger partial charge on any atom is 0.244 e. The largest absolute Gasteiger partial charge is 0.497 e. The molecular formula is C26H37N3O5S. The summed E-state index contributed by atoms with van der Waals surface area (Å²) in [6.07, 6.45) is 1.89. The fourth-order valence-electron chi connectivity index (χ4n) is 3.47. The summed E-state index contributed by atoms with van der Waals surface area (Å²) in [7, 11) is -2.18. The number of rotatable bonds is 12. The Morgan fingerprint density at radius 1 is 0.971 bits per heavy atom. The summed E-state index contributed by atoms with van der Waals surface area (Å²) in [6.45, 7) is 7.84. The van der Waals surface area contributed by atoms with E-state index in [1.165, 1.54) is 4.90 Å². The van der Waals surface area contributed by atoms with Crippen LogP contribution in [0.2, 0.25) is 0 Å². The second kappa shape index (κ2) is 12.6. The summed E-state index contributed by atoms with van der Waals surface area (Å²) in [5.41, 5.74) is 2.25. The Morgan fingerprint density at radius 3 is 2.03 bits per heavy atom. The van der Waals surface area contributed by atoms with E-state index in [0.29, 0.717) is 18.0 Å². The minimum absolute atomic E-state index is 0.144. The van der Waals surface area contributed by atoms with Crippen LogP contribution in [0.15, 0.2) is 48.5 Å². The van der Waals surface area contributed by atoms with E-state index in [1.54, 1.807) is 38.3 Å². The van der Waals surface area contributed by atoms with Crippen LogP contribution in [0.25, 0.3) is 0 Å². The molecule has 0 aliphatic carbocycles. The third-order valence-corrected chi connectivity index (χ3v) is 6.82. The van der Waals surface area contributed by atoms with Gasteiger partial charge in [0, 0.05) is 13.1 Å². The van der Waals surface area contributed by atoms with E-state index in [4.69, 9.17) is 4.74 Å². The molecule has 2 rings (SSSR count). The summed E-state index contributed by atoms with van der Waals surface area (Å²) in [5.74, 6) is 0.161. The third kappa shape index (κ3) is 8.28. The smallest absolute Gasteiger partial charge is 0.244 e. The molecule has 0 aliphatic rings. The molecular weight excluding hydrogens is 466 g/mol. The number of ether oxygens (including phenoxy) is 1. The van der Waals surface area contributed by atoms with Gasteiger partial charge in [0.05, 0.1) is 19.1 Å². The zero-order chi connectivity index (χ0) is 26.2. The number of methoxy groups -OCH3 is 1. The van der Waals surface area contributed by atoms with Crippen molar-refractivity contribution in [2.45, 2.75) is 46.7 Å². The van der Waals surface area contributed by atoms with Crippen LogP contribution in [0.5, 0.6) is 5.75 Å². The zero-order valence-corrected chi connectivity index (χ0v) is 22.3. The van der Waals surface area contributed by atoms with E-state index in [-0.39, 0.29) is 18.4 Å². The predicted molar refractivity (Wildman–Crippen MR) is 139 cm³/mol. The van der Waals surface area contributed by atoms with Gasteiger partial charge in [-0.15, -0.1) is 0 Å². The Bertz CT molecular complexity index is 1080. The average molecular weight is 504 g/mol. The van der Waals surface area contributed by atoms with Gasteiger partial charge in [-0.2, -0.15) is 0 Å². The zero-order valence-electron chi connectivity index (χ0n) is 21.4. The number of amides is 2. The van der Waals surface area contributed by atoms with E-state index < -0.39 is 28.5 Å². The van der Waals surface area contributed by atoms with Crippen LogP contribution in [0.4, 0.5) is 5.69 Å². The molecule has 0 fully saturated rings. The maximum absolute atomic E-state index is 13.5. The first kappa shape index (κ1) is 28.2. The number of aryl methyl sites for hydroxylation is 1. The van der Waals surface area contributed by atoms with Crippen molar-refractivity contribution in [1.82, 2.24) is 10.2 Å². The number of anilines is 1. The van der Waals surface area contributed by atoms with Crippen LogP contribution >= 0.6 is 0 Å². The predicted octanol–water partition coefficient (Wildman–Crippen LogP) is 3.21. The van der Waals surface area contributed by atoms with E-state index >= 15 is 0 Å². The number of nitrogens with one attached hydrogen (secondary N) is 1. The molecule has 2 aromatic carbocycles. The van der Waals surface area contributed by atoms with Crippen LogP contribution in [0.3, 0.4) is 0 Å². The molecule has 1 atom stereocenters. The van der Waals surface area contributed by atoms with Crippen molar-refractivity contribution in [2.24, 2.45) is 5.92 Å². The lowest BCUT2D eigenvalue weighted by atomic mass is 10.1. The van der Waals surface area contributed by atoms with Gasteiger partial charge in [-0.3, -0.25) is 13.9 Å². The number of benzene rings is 2. The van der Waals surface area contributed by atoms with Crippen molar-refractivity contribution in [3.05, 3.63) is 59.7 Å². The number of carbonyl (C=O) groups excluding carboxylic acids is 2. The Kier molecular flexibility index (Phi) is 10.1. The highest BCUT2D eigenvalue weighted by molar-refractivity contribution is 7.92. The Balaban J connectivity index is 2.35. The molecule has 2 amide bonds. The number of hydrogen-bond acceptors (Lipinski definition) is 5. The number of hydrogen-bond donors (Lipinski definition) is 1. The van der Waals surface area contributed by atoms with E-state index in [0.717, 1.165) is 28.1 Å². The second-order valence-electron chi connectivity index (χ2n) is 8.97. The van der Waals surface area contributed by atoms with Gasteiger partial charge in [-0.1, -0.05) is 45.0 Å². The second-order valence-corrected chi connectivity index (χ2v) is 10.9. The molecule has 0 heterocycles. The lowest BCUT2D eigenvalue weighted by molar-refractivity contribution is -0.139. The molecule has 0 aliphatic heterocycles. The Morgan fingerprint density at radius 2 is 1.54 bits per heavy atom. The average Bonchev–Trinajstić information content (AvgIpc) is 2.83. The van der Waals surface area contributed by atoms with Crippen LogP contribution < -0.4 is 14.4 Å². The molecule has 0 saturated heterocycles.